The van der Waals surface area contributed by atoms with Crippen LogP contribution in [0, 0.1) is 10.5 Å². The van der Waals surface area contributed by atoms with Crippen LogP contribution >= 0.6 is 22.6 Å². The quantitative estimate of drug-likeness (QED) is 0.499. The molecular formula is C13H12INO4. The van der Waals surface area contributed by atoms with Gasteiger partial charge in [0.2, 0.25) is 0 Å². The molecule has 0 spiro atoms. The Hall–Kier alpha value is -1.57. The fourth-order valence-electron chi connectivity index (χ4n) is 1.80. The van der Waals surface area contributed by atoms with E-state index in [0.29, 0.717) is 3.57 Å². The van der Waals surface area contributed by atoms with Crippen LogP contribution in [-0.2, 0) is 9.59 Å². The van der Waals surface area contributed by atoms with Gasteiger partial charge in [-0.25, -0.2) is 0 Å². The molecule has 2 aromatic rings. The van der Waals surface area contributed by atoms with Gasteiger partial charge in [0.15, 0.2) is 11.5 Å². The first kappa shape index (κ1) is 13.9. The number of carbonyl (C=O) groups excluding carboxylic acids is 2. The number of halogens is 1. The van der Waals surface area contributed by atoms with Gasteiger partial charge in [-0.1, -0.05) is 0 Å². The summed E-state index contributed by atoms with van der Waals surface area (Å²) < 4.78 is 11.0. The van der Waals surface area contributed by atoms with Crippen molar-refractivity contribution in [3.63, 3.8) is 0 Å². The second-order valence-electron chi connectivity index (χ2n) is 4.12. The lowest BCUT2D eigenvalue weighted by Crippen LogP contribution is -2.08. The first-order valence-electron chi connectivity index (χ1n) is 5.57. The summed E-state index contributed by atoms with van der Waals surface area (Å²) >= 11 is 2.06. The number of fused-ring (bicyclic) bond motifs is 1. The summed E-state index contributed by atoms with van der Waals surface area (Å²) in [5.41, 5.74) is 1.83. The maximum Gasteiger partial charge on any atom is 0.308 e. The largest absolute Gasteiger partial charge is 0.423 e. The molecule has 1 N–H and O–H groups in total. The van der Waals surface area contributed by atoms with Crippen molar-refractivity contribution in [2.75, 3.05) is 0 Å². The number of esters is 2. The predicted octanol–water partition coefficient (Wildman–Crippen LogP) is 2.93. The van der Waals surface area contributed by atoms with E-state index < -0.39 is 11.9 Å². The molecule has 100 valence electrons. The molecule has 0 bridgehead atoms. The molecule has 5 nitrogen and oxygen atoms in total. The zero-order valence-electron chi connectivity index (χ0n) is 10.7. The Morgan fingerprint density at radius 3 is 2.37 bits per heavy atom. The lowest BCUT2D eigenvalue weighted by Gasteiger charge is -2.11. The van der Waals surface area contributed by atoms with E-state index in [1.165, 1.54) is 13.8 Å². The number of carbonyl (C=O) groups is 2. The molecule has 6 heteroatoms. The molecule has 1 aromatic heterocycles. The summed E-state index contributed by atoms with van der Waals surface area (Å²) in [5.74, 6) is -0.416. The first-order chi connectivity index (χ1) is 8.88. The van der Waals surface area contributed by atoms with Crippen molar-refractivity contribution in [2.24, 2.45) is 0 Å². The molecule has 0 aliphatic heterocycles. The number of aromatic amines is 1. The van der Waals surface area contributed by atoms with E-state index >= 15 is 0 Å². The Morgan fingerprint density at radius 2 is 1.79 bits per heavy atom. The third-order valence-electron chi connectivity index (χ3n) is 2.41. The van der Waals surface area contributed by atoms with Gasteiger partial charge in [-0.05, 0) is 41.6 Å². The lowest BCUT2D eigenvalue weighted by atomic mass is 10.2. The van der Waals surface area contributed by atoms with Crippen LogP contribution < -0.4 is 9.47 Å². The minimum Gasteiger partial charge on any atom is -0.423 e. The number of aromatic nitrogens is 1. The first-order valence-corrected chi connectivity index (χ1v) is 6.65. The van der Waals surface area contributed by atoms with Crippen molar-refractivity contribution in [2.45, 2.75) is 20.8 Å². The van der Waals surface area contributed by atoms with Gasteiger partial charge >= 0.3 is 11.9 Å². The van der Waals surface area contributed by atoms with E-state index in [1.54, 1.807) is 6.07 Å². The molecule has 1 aromatic carbocycles. The molecule has 2 rings (SSSR count). The molecule has 0 unspecified atom stereocenters. The summed E-state index contributed by atoms with van der Waals surface area (Å²) in [6.07, 6.45) is 0. The molecule has 0 saturated heterocycles. The van der Waals surface area contributed by atoms with Gasteiger partial charge in [-0.2, -0.15) is 0 Å². The Morgan fingerprint density at radius 1 is 1.16 bits per heavy atom. The zero-order valence-corrected chi connectivity index (χ0v) is 12.8. The Labute approximate surface area is 123 Å². The van der Waals surface area contributed by atoms with Crippen LogP contribution in [-0.4, -0.2) is 16.9 Å². The number of hydrogen-bond acceptors (Lipinski definition) is 4. The van der Waals surface area contributed by atoms with Gasteiger partial charge in [0.1, 0.15) is 0 Å². The molecule has 19 heavy (non-hydrogen) atoms. The molecule has 0 aliphatic rings. The summed E-state index contributed by atoms with van der Waals surface area (Å²) in [4.78, 5) is 25.5. The number of benzene rings is 1. The standard InChI is InChI=1S/C13H12INO4/c1-6-4-9-5-10(18-7(2)16)13(19-8(3)17)11(14)12(9)15-6/h4-5,15H,1-3H3. The van der Waals surface area contributed by atoms with Crippen LogP contribution in [0.3, 0.4) is 0 Å². The summed E-state index contributed by atoms with van der Waals surface area (Å²) in [5, 5.41) is 0.897. The third-order valence-corrected chi connectivity index (χ3v) is 3.44. The number of nitrogens with one attached hydrogen (secondary N) is 1. The predicted molar refractivity (Wildman–Crippen MR) is 78.4 cm³/mol. The van der Waals surface area contributed by atoms with Gasteiger partial charge in [0, 0.05) is 24.9 Å². The molecular weight excluding hydrogens is 361 g/mol. The van der Waals surface area contributed by atoms with E-state index in [1.807, 2.05) is 13.0 Å². The third kappa shape index (κ3) is 2.89. The zero-order chi connectivity index (χ0) is 14.2. The number of aryl methyl sites for hydroxylation is 1. The van der Waals surface area contributed by atoms with E-state index in [-0.39, 0.29) is 11.5 Å². The van der Waals surface area contributed by atoms with E-state index in [9.17, 15) is 9.59 Å². The maximum atomic E-state index is 11.2. The van der Waals surface area contributed by atoms with Crippen LogP contribution in [0.2, 0.25) is 0 Å². The monoisotopic (exact) mass is 373 g/mol. The number of ether oxygens (including phenoxy) is 2. The van der Waals surface area contributed by atoms with Crippen molar-refractivity contribution in [3.05, 3.63) is 21.4 Å². The van der Waals surface area contributed by atoms with Crippen molar-refractivity contribution in [1.29, 1.82) is 0 Å². The van der Waals surface area contributed by atoms with Crippen molar-refractivity contribution < 1.29 is 19.1 Å². The number of hydrogen-bond donors (Lipinski definition) is 1. The Balaban J connectivity index is 2.67. The van der Waals surface area contributed by atoms with Crippen LogP contribution in [0.25, 0.3) is 10.9 Å². The minimum absolute atomic E-state index is 0.249. The molecule has 0 amide bonds. The van der Waals surface area contributed by atoms with Gasteiger partial charge in [-0.3, -0.25) is 9.59 Å². The summed E-state index contributed by atoms with van der Waals surface area (Å²) in [6.45, 7) is 4.53. The normalized spacial score (nSPS) is 10.5. The molecule has 1 heterocycles. The second-order valence-corrected chi connectivity index (χ2v) is 5.20. The summed E-state index contributed by atoms with van der Waals surface area (Å²) in [6, 6.07) is 3.61. The molecule has 0 fully saturated rings. The highest BCUT2D eigenvalue weighted by Crippen LogP contribution is 2.38. The maximum absolute atomic E-state index is 11.2. The van der Waals surface area contributed by atoms with E-state index in [0.717, 1.165) is 16.6 Å². The average molecular weight is 373 g/mol. The SMILES string of the molecule is CC(=O)Oc1cc2cc(C)[nH]c2c(I)c1OC(C)=O. The van der Waals surface area contributed by atoms with Crippen LogP contribution in [0.1, 0.15) is 19.5 Å². The van der Waals surface area contributed by atoms with Gasteiger partial charge in [0.25, 0.3) is 0 Å². The summed E-state index contributed by atoms with van der Waals surface area (Å²) in [7, 11) is 0. The van der Waals surface area contributed by atoms with Crippen molar-refractivity contribution >= 4 is 45.4 Å². The van der Waals surface area contributed by atoms with E-state index in [2.05, 4.69) is 27.6 Å². The lowest BCUT2D eigenvalue weighted by molar-refractivity contribution is -0.134. The Bertz CT molecular complexity index is 675. The fraction of sp³-hybridized carbons (Fsp3) is 0.231. The molecule has 0 atom stereocenters. The highest BCUT2D eigenvalue weighted by atomic mass is 127. The van der Waals surface area contributed by atoms with Crippen LogP contribution in [0.5, 0.6) is 11.5 Å². The van der Waals surface area contributed by atoms with Crippen LogP contribution in [0.4, 0.5) is 0 Å². The molecule has 0 aliphatic carbocycles. The highest BCUT2D eigenvalue weighted by molar-refractivity contribution is 14.1. The minimum atomic E-state index is -0.464. The average Bonchev–Trinajstić information content (AvgIpc) is 2.64. The van der Waals surface area contributed by atoms with Crippen LogP contribution in [0.15, 0.2) is 12.1 Å². The van der Waals surface area contributed by atoms with Crippen molar-refractivity contribution in [1.82, 2.24) is 4.98 Å². The van der Waals surface area contributed by atoms with Gasteiger partial charge in [0.05, 0.1) is 9.09 Å². The van der Waals surface area contributed by atoms with E-state index in [4.69, 9.17) is 9.47 Å². The topological polar surface area (TPSA) is 68.4 Å². The molecule has 0 saturated carbocycles. The smallest absolute Gasteiger partial charge is 0.308 e. The fourth-order valence-corrected chi connectivity index (χ4v) is 2.63. The number of H-pyrrole nitrogens is 1. The number of rotatable bonds is 2. The second kappa shape index (κ2) is 5.20. The molecule has 0 radical (unpaired) electrons. The van der Waals surface area contributed by atoms with Gasteiger partial charge in [-0.15, -0.1) is 0 Å². The highest BCUT2D eigenvalue weighted by Gasteiger charge is 2.18. The Kier molecular flexibility index (Phi) is 3.79. The van der Waals surface area contributed by atoms with Crippen molar-refractivity contribution in [3.8, 4) is 11.5 Å². The van der Waals surface area contributed by atoms with Gasteiger partial charge < -0.3 is 14.5 Å².